The molecule has 1 aromatic carbocycles. The molecule has 3 N–H and O–H groups in total. The number of halogens is 2. The van der Waals surface area contributed by atoms with Crippen LogP contribution in [0, 0.1) is 0 Å². The topological polar surface area (TPSA) is 64.7 Å². The first kappa shape index (κ1) is 12.1. The van der Waals surface area contributed by atoms with Crippen molar-refractivity contribution in [2.24, 2.45) is 5.73 Å². The van der Waals surface area contributed by atoms with Gasteiger partial charge < -0.3 is 20.3 Å². The van der Waals surface area contributed by atoms with E-state index in [4.69, 9.17) is 20.3 Å². The molecule has 0 saturated heterocycles. The lowest BCUT2D eigenvalue weighted by atomic mass is 10.0. The van der Waals surface area contributed by atoms with Crippen molar-refractivity contribution in [3.8, 4) is 11.5 Å². The number of alkyl halides is 2. The summed E-state index contributed by atoms with van der Waals surface area (Å²) in [7, 11) is 0. The van der Waals surface area contributed by atoms with Gasteiger partial charge in [-0.25, -0.2) is 8.78 Å². The van der Waals surface area contributed by atoms with E-state index >= 15 is 0 Å². The summed E-state index contributed by atoms with van der Waals surface area (Å²) in [5.41, 5.74) is 5.55. The van der Waals surface area contributed by atoms with E-state index in [1.165, 1.54) is 12.1 Å². The SMILES string of the molecule is NC(CO)c1cc2c(cc1C(F)F)OCCO2. The first-order chi connectivity index (χ1) is 8.13. The van der Waals surface area contributed by atoms with Crippen molar-refractivity contribution in [2.45, 2.75) is 12.5 Å². The molecule has 0 fully saturated rings. The van der Waals surface area contributed by atoms with Gasteiger partial charge in [-0.15, -0.1) is 0 Å². The highest BCUT2D eigenvalue weighted by atomic mass is 19.3. The molecule has 4 nitrogen and oxygen atoms in total. The molecule has 17 heavy (non-hydrogen) atoms. The van der Waals surface area contributed by atoms with E-state index in [-0.39, 0.29) is 11.1 Å². The summed E-state index contributed by atoms with van der Waals surface area (Å²) in [6.45, 7) is 0.301. The maximum Gasteiger partial charge on any atom is 0.264 e. The Morgan fingerprint density at radius 2 is 1.71 bits per heavy atom. The van der Waals surface area contributed by atoms with Crippen LogP contribution in [0.5, 0.6) is 11.5 Å². The van der Waals surface area contributed by atoms with Gasteiger partial charge in [-0.3, -0.25) is 0 Å². The molecule has 2 rings (SSSR count). The van der Waals surface area contributed by atoms with Crippen LogP contribution in [-0.4, -0.2) is 24.9 Å². The lowest BCUT2D eigenvalue weighted by Gasteiger charge is -2.22. The summed E-state index contributed by atoms with van der Waals surface area (Å²) in [5.74, 6) is 0.681. The Morgan fingerprint density at radius 3 is 2.18 bits per heavy atom. The lowest BCUT2D eigenvalue weighted by Crippen LogP contribution is -2.20. The first-order valence-electron chi connectivity index (χ1n) is 5.21. The fraction of sp³-hybridized carbons (Fsp3) is 0.455. The number of fused-ring (bicyclic) bond motifs is 1. The number of rotatable bonds is 3. The number of benzene rings is 1. The molecule has 0 spiro atoms. The van der Waals surface area contributed by atoms with Crippen LogP contribution in [0.1, 0.15) is 23.6 Å². The Balaban J connectivity index is 2.48. The Bertz CT molecular complexity index is 412. The van der Waals surface area contributed by atoms with Gasteiger partial charge in [0.15, 0.2) is 11.5 Å². The zero-order chi connectivity index (χ0) is 12.4. The number of nitrogens with two attached hydrogens (primary N) is 1. The van der Waals surface area contributed by atoms with Crippen LogP contribution in [0.15, 0.2) is 12.1 Å². The molecule has 0 bridgehead atoms. The molecule has 1 heterocycles. The van der Waals surface area contributed by atoms with Crippen LogP contribution in [0.2, 0.25) is 0 Å². The number of aliphatic hydroxyl groups excluding tert-OH is 1. The smallest absolute Gasteiger partial charge is 0.264 e. The maximum atomic E-state index is 12.9. The highest BCUT2D eigenvalue weighted by Gasteiger charge is 2.23. The first-order valence-corrected chi connectivity index (χ1v) is 5.21. The summed E-state index contributed by atoms with van der Waals surface area (Å²) < 4.78 is 36.2. The van der Waals surface area contributed by atoms with Crippen molar-refractivity contribution < 1.29 is 23.4 Å². The molecule has 94 valence electrons. The second kappa shape index (κ2) is 4.85. The number of ether oxygens (including phenoxy) is 2. The largest absolute Gasteiger partial charge is 0.486 e. The number of hydrogen-bond donors (Lipinski definition) is 2. The average molecular weight is 245 g/mol. The van der Waals surface area contributed by atoms with Crippen LogP contribution < -0.4 is 15.2 Å². The van der Waals surface area contributed by atoms with E-state index in [0.29, 0.717) is 24.7 Å². The van der Waals surface area contributed by atoms with Gasteiger partial charge in [0.1, 0.15) is 13.2 Å². The number of aliphatic hydroxyl groups is 1. The predicted molar refractivity (Wildman–Crippen MR) is 56.4 cm³/mol. The molecule has 1 aliphatic rings. The van der Waals surface area contributed by atoms with Crippen LogP contribution in [-0.2, 0) is 0 Å². The third-order valence-electron chi connectivity index (χ3n) is 2.58. The highest BCUT2D eigenvalue weighted by Crippen LogP contribution is 2.38. The van der Waals surface area contributed by atoms with Gasteiger partial charge in [0.05, 0.1) is 12.6 Å². The van der Waals surface area contributed by atoms with Crippen molar-refractivity contribution in [2.75, 3.05) is 19.8 Å². The van der Waals surface area contributed by atoms with E-state index in [9.17, 15) is 8.78 Å². The molecule has 0 aromatic heterocycles. The minimum Gasteiger partial charge on any atom is -0.486 e. The van der Waals surface area contributed by atoms with E-state index in [1.54, 1.807) is 0 Å². The highest BCUT2D eigenvalue weighted by molar-refractivity contribution is 5.49. The average Bonchev–Trinajstić information content (AvgIpc) is 2.36. The van der Waals surface area contributed by atoms with Crippen molar-refractivity contribution in [1.82, 2.24) is 0 Å². The van der Waals surface area contributed by atoms with E-state index < -0.39 is 19.1 Å². The standard InChI is InChI=1S/C11H13F2NO3/c12-11(13)7-4-10-9(16-1-2-17-10)3-6(7)8(14)5-15/h3-4,8,11,15H,1-2,5,14H2. The lowest BCUT2D eigenvalue weighted by molar-refractivity contribution is 0.144. The van der Waals surface area contributed by atoms with Crippen LogP contribution in [0.4, 0.5) is 8.78 Å². The monoisotopic (exact) mass is 245 g/mol. The summed E-state index contributed by atoms with van der Waals surface area (Å²) in [6, 6.07) is 1.79. The quantitative estimate of drug-likeness (QED) is 0.844. The molecule has 0 aliphatic carbocycles. The number of hydrogen-bond acceptors (Lipinski definition) is 4. The fourth-order valence-electron chi connectivity index (χ4n) is 1.73. The van der Waals surface area contributed by atoms with Crippen molar-refractivity contribution in [3.05, 3.63) is 23.3 Å². The zero-order valence-corrected chi connectivity index (χ0v) is 9.03. The zero-order valence-electron chi connectivity index (χ0n) is 9.03. The van der Waals surface area contributed by atoms with E-state index in [1.807, 2.05) is 0 Å². The summed E-state index contributed by atoms with van der Waals surface area (Å²) in [5, 5.41) is 8.96. The summed E-state index contributed by atoms with van der Waals surface area (Å²) >= 11 is 0. The van der Waals surface area contributed by atoms with Crippen LogP contribution in [0.3, 0.4) is 0 Å². The van der Waals surface area contributed by atoms with Gasteiger partial charge >= 0.3 is 0 Å². The molecule has 0 radical (unpaired) electrons. The Hall–Kier alpha value is -1.40. The maximum absolute atomic E-state index is 12.9. The van der Waals surface area contributed by atoms with Gasteiger partial charge in [0.25, 0.3) is 6.43 Å². The Labute approximate surface area is 96.9 Å². The summed E-state index contributed by atoms with van der Waals surface area (Å²) in [6.07, 6.45) is -2.67. The van der Waals surface area contributed by atoms with Gasteiger partial charge in [-0.05, 0) is 17.7 Å². The molecule has 0 saturated carbocycles. The van der Waals surface area contributed by atoms with Gasteiger partial charge in [-0.1, -0.05) is 0 Å². The minimum absolute atomic E-state index is 0.187. The van der Waals surface area contributed by atoms with E-state index in [0.717, 1.165) is 0 Å². The fourth-order valence-corrected chi connectivity index (χ4v) is 1.73. The van der Waals surface area contributed by atoms with Crippen LogP contribution >= 0.6 is 0 Å². The Morgan fingerprint density at radius 1 is 1.18 bits per heavy atom. The molecule has 6 heteroatoms. The molecule has 0 amide bonds. The Kier molecular flexibility index (Phi) is 3.44. The van der Waals surface area contributed by atoms with Crippen molar-refractivity contribution >= 4 is 0 Å². The normalized spacial score (nSPS) is 16.1. The molecular formula is C11H13F2NO3. The molecule has 1 atom stereocenters. The third kappa shape index (κ3) is 2.32. The second-order valence-corrected chi connectivity index (χ2v) is 3.71. The van der Waals surface area contributed by atoms with Crippen LogP contribution in [0.25, 0.3) is 0 Å². The van der Waals surface area contributed by atoms with Crippen molar-refractivity contribution in [3.63, 3.8) is 0 Å². The van der Waals surface area contributed by atoms with E-state index in [2.05, 4.69) is 0 Å². The second-order valence-electron chi connectivity index (χ2n) is 3.71. The summed E-state index contributed by atoms with van der Waals surface area (Å²) in [4.78, 5) is 0. The molecule has 1 aromatic rings. The third-order valence-corrected chi connectivity index (χ3v) is 2.58. The van der Waals surface area contributed by atoms with Gasteiger partial charge in [0.2, 0.25) is 0 Å². The predicted octanol–water partition coefficient (Wildman–Crippen LogP) is 1.39. The van der Waals surface area contributed by atoms with Crippen molar-refractivity contribution in [1.29, 1.82) is 0 Å². The molecule has 1 aliphatic heterocycles. The van der Waals surface area contributed by atoms with Gasteiger partial charge in [0, 0.05) is 5.56 Å². The molecular weight excluding hydrogens is 232 g/mol. The minimum atomic E-state index is -2.67. The molecule has 1 unspecified atom stereocenters. The van der Waals surface area contributed by atoms with Gasteiger partial charge in [-0.2, -0.15) is 0 Å².